The van der Waals surface area contributed by atoms with Crippen LogP contribution in [0.4, 0.5) is 13.2 Å². The molecule has 1 aromatic rings. The van der Waals surface area contributed by atoms with Crippen LogP contribution in [0.15, 0.2) is 35.2 Å². The summed E-state index contributed by atoms with van der Waals surface area (Å²) in [6.45, 7) is 1.98. The summed E-state index contributed by atoms with van der Waals surface area (Å²) in [6, 6.07) is 6.43. The highest BCUT2D eigenvalue weighted by molar-refractivity contribution is 7.89. The summed E-state index contributed by atoms with van der Waals surface area (Å²) in [5, 5.41) is 0. The van der Waals surface area contributed by atoms with Crippen LogP contribution in [0, 0.1) is 0 Å². The molecule has 6 nitrogen and oxygen atoms in total. The van der Waals surface area contributed by atoms with E-state index >= 15 is 0 Å². The lowest BCUT2D eigenvalue weighted by molar-refractivity contribution is -0.137. The van der Waals surface area contributed by atoms with Crippen molar-refractivity contribution >= 4 is 17.6 Å². The zero-order valence-corrected chi connectivity index (χ0v) is 14.1. The first-order valence-electron chi connectivity index (χ1n) is 6.59. The van der Waals surface area contributed by atoms with Gasteiger partial charge in [-0.25, -0.2) is 8.42 Å². The Hall–Kier alpha value is -0.930. The van der Waals surface area contributed by atoms with E-state index < -0.39 is 34.5 Å². The van der Waals surface area contributed by atoms with Crippen molar-refractivity contribution < 1.29 is 35.2 Å². The van der Waals surface area contributed by atoms with Crippen LogP contribution in [0.3, 0.4) is 0 Å². The average molecular weight is 375 g/mol. The molecular weight excluding hydrogens is 358 g/mol. The smallest absolute Gasteiger partial charge is 0.308 e. The summed E-state index contributed by atoms with van der Waals surface area (Å²) in [5.41, 5.74) is 0. The van der Waals surface area contributed by atoms with Crippen molar-refractivity contribution in [3.8, 4) is 0 Å². The molecular formula is C12H17F3NO5PS. The van der Waals surface area contributed by atoms with Gasteiger partial charge in [-0.1, -0.05) is 18.2 Å². The van der Waals surface area contributed by atoms with Crippen LogP contribution >= 0.6 is 7.60 Å². The number of halogens is 3. The maximum Gasteiger partial charge on any atom is 0.416 e. The molecule has 1 unspecified atom stereocenters. The highest BCUT2D eigenvalue weighted by atomic mass is 32.2. The van der Waals surface area contributed by atoms with Crippen LogP contribution in [0.1, 0.15) is 13.8 Å². The van der Waals surface area contributed by atoms with Gasteiger partial charge in [0, 0.05) is 0 Å². The van der Waals surface area contributed by atoms with Crippen molar-refractivity contribution in [2.45, 2.75) is 30.7 Å². The number of nitrogens with one attached hydrogen (secondary N) is 1. The summed E-state index contributed by atoms with van der Waals surface area (Å²) >= 11 is 0. The molecule has 1 N–H and O–H groups in total. The molecule has 0 heterocycles. The normalized spacial score (nSPS) is 14.7. The lowest BCUT2D eigenvalue weighted by Crippen LogP contribution is -2.45. The van der Waals surface area contributed by atoms with Gasteiger partial charge < -0.3 is 9.05 Å². The second-order valence-corrected chi connectivity index (χ2v) is 8.08. The molecule has 0 aliphatic heterocycles. The van der Waals surface area contributed by atoms with Gasteiger partial charge in [0.05, 0.1) is 18.1 Å². The summed E-state index contributed by atoms with van der Waals surface area (Å²) in [4.78, 5) is -0.395. The van der Waals surface area contributed by atoms with E-state index in [9.17, 15) is 26.2 Å². The Balaban J connectivity index is 3.26. The Kier molecular flexibility index (Phi) is 6.79. The first-order chi connectivity index (χ1) is 10.6. The van der Waals surface area contributed by atoms with Gasteiger partial charge >= 0.3 is 13.8 Å². The first-order valence-corrected chi connectivity index (χ1v) is 9.69. The zero-order chi connectivity index (χ0) is 17.7. The fraction of sp³-hybridized carbons (Fsp3) is 0.500. The van der Waals surface area contributed by atoms with Gasteiger partial charge in [-0.3, -0.25) is 4.57 Å². The van der Waals surface area contributed by atoms with Crippen molar-refractivity contribution in [3.05, 3.63) is 30.3 Å². The van der Waals surface area contributed by atoms with Gasteiger partial charge in [0.15, 0.2) is 0 Å². The van der Waals surface area contributed by atoms with Gasteiger partial charge in [-0.2, -0.15) is 17.9 Å². The van der Waals surface area contributed by atoms with E-state index in [0.29, 0.717) is 0 Å². The van der Waals surface area contributed by atoms with Crippen molar-refractivity contribution in [1.82, 2.24) is 4.72 Å². The minimum absolute atomic E-state index is 0.336. The topological polar surface area (TPSA) is 81.7 Å². The highest BCUT2D eigenvalue weighted by Crippen LogP contribution is 2.57. The van der Waals surface area contributed by atoms with E-state index in [1.54, 1.807) is 0 Å². The maximum absolute atomic E-state index is 13.2. The first kappa shape index (κ1) is 20.1. The quantitative estimate of drug-likeness (QED) is 0.706. The van der Waals surface area contributed by atoms with E-state index in [-0.39, 0.29) is 13.2 Å². The molecule has 0 bridgehead atoms. The Morgan fingerprint density at radius 2 is 1.61 bits per heavy atom. The predicted molar refractivity (Wildman–Crippen MR) is 77.5 cm³/mol. The van der Waals surface area contributed by atoms with Crippen LogP contribution in [0.5, 0.6) is 0 Å². The number of hydrogen-bond acceptors (Lipinski definition) is 5. The molecule has 1 atom stereocenters. The third-order valence-electron chi connectivity index (χ3n) is 2.56. The molecule has 0 saturated heterocycles. The predicted octanol–water partition coefficient (Wildman–Crippen LogP) is 3.12. The third-order valence-corrected chi connectivity index (χ3v) is 6.47. The summed E-state index contributed by atoms with van der Waals surface area (Å²) in [7, 11) is -9.35. The average Bonchev–Trinajstić information content (AvgIpc) is 2.45. The number of benzene rings is 1. The molecule has 0 saturated carbocycles. The fourth-order valence-corrected chi connectivity index (χ4v) is 5.13. The number of rotatable bonds is 8. The summed E-state index contributed by atoms with van der Waals surface area (Å²) < 4.78 is 87.0. The summed E-state index contributed by atoms with van der Waals surface area (Å²) in [6.07, 6.45) is -5.16. The monoisotopic (exact) mass is 375 g/mol. The number of hydrogen-bond donors (Lipinski definition) is 1. The standard InChI is InChI=1S/C12H17F3NO5PS/c1-3-20-22(17,21-4-2)11(12(13,14)15)16-23(18,19)10-8-6-5-7-9-10/h5-9,11,16H,3-4H2,1-2H3. The molecule has 0 aliphatic carbocycles. The molecule has 1 rings (SSSR count). The zero-order valence-electron chi connectivity index (χ0n) is 12.4. The fourth-order valence-electron chi connectivity index (χ4n) is 1.67. The lowest BCUT2D eigenvalue weighted by Gasteiger charge is -2.28. The van der Waals surface area contributed by atoms with E-state index in [1.165, 1.54) is 36.8 Å². The molecule has 0 fully saturated rings. The van der Waals surface area contributed by atoms with Crippen molar-refractivity contribution in [3.63, 3.8) is 0 Å². The Bertz CT molecular complexity index is 640. The van der Waals surface area contributed by atoms with Crippen LogP contribution in [-0.2, 0) is 23.6 Å². The van der Waals surface area contributed by atoms with Crippen molar-refractivity contribution in [2.24, 2.45) is 0 Å². The van der Waals surface area contributed by atoms with Gasteiger partial charge in [-0.05, 0) is 26.0 Å². The van der Waals surface area contributed by atoms with Gasteiger partial charge in [0.2, 0.25) is 15.8 Å². The molecule has 132 valence electrons. The molecule has 0 aliphatic rings. The second-order valence-electron chi connectivity index (χ2n) is 4.25. The molecule has 0 spiro atoms. The Labute approximate surface area is 132 Å². The Morgan fingerprint density at radius 3 is 2.00 bits per heavy atom. The minimum Gasteiger partial charge on any atom is -0.308 e. The molecule has 11 heteroatoms. The van der Waals surface area contributed by atoms with Gasteiger partial charge in [0.25, 0.3) is 0 Å². The maximum atomic E-state index is 13.2. The lowest BCUT2D eigenvalue weighted by atomic mass is 10.4. The van der Waals surface area contributed by atoms with Gasteiger partial charge in [-0.15, -0.1) is 0 Å². The van der Waals surface area contributed by atoms with E-state index in [4.69, 9.17) is 0 Å². The Morgan fingerprint density at radius 1 is 1.13 bits per heavy atom. The number of alkyl halides is 3. The SMILES string of the molecule is CCOP(=O)(OCC)C(NS(=O)(=O)c1ccccc1)C(F)(F)F. The van der Waals surface area contributed by atoms with Crippen LogP contribution in [0.25, 0.3) is 0 Å². The number of sulfonamides is 1. The van der Waals surface area contributed by atoms with E-state index in [1.807, 2.05) is 0 Å². The molecule has 0 aromatic heterocycles. The van der Waals surface area contributed by atoms with Crippen molar-refractivity contribution in [1.29, 1.82) is 0 Å². The largest absolute Gasteiger partial charge is 0.416 e. The van der Waals surface area contributed by atoms with E-state index in [2.05, 4.69) is 9.05 Å². The second kappa shape index (κ2) is 7.76. The third kappa shape index (κ3) is 5.29. The molecule has 0 amide bonds. The van der Waals surface area contributed by atoms with Gasteiger partial charge in [0.1, 0.15) is 0 Å². The van der Waals surface area contributed by atoms with Crippen LogP contribution in [0.2, 0.25) is 0 Å². The molecule has 1 aromatic carbocycles. The van der Waals surface area contributed by atoms with Crippen LogP contribution < -0.4 is 4.72 Å². The molecule has 0 radical (unpaired) electrons. The van der Waals surface area contributed by atoms with Crippen molar-refractivity contribution in [2.75, 3.05) is 13.2 Å². The van der Waals surface area contributed by atoms with Crippen LogP contribution in [-0.4, -0.2) is 33.6 Å². The molecule has 23 heavy (non-hydrogen) atoms. The summed E-state index contributed by atoms with van der Waals surface area (Å²) in [5.74, 6) is -3.00. The minimum atomic E-state index is -5.16. The van der Waals surface area contributed by atoms with E-state index in [0.717, 1.165) is 12.1 Å². The highest BCUT2D eigenvalue weighted by Gasteiger charge is 2.55.